The number of rotatable bonds is 7. The summed E-state index contributed by atoms with van der Waals surface area (Å²) >= 11 is 0. The molecule has 2 heterocycles. The lowest BCUT2D eigenvalue weighted by atomic mass is 10.1. The minimum absolute atomic E-state index is 0.0599. The molecule has 1 unspecified atom stereocenters. The Bertz CT molecular complexity index is 763. The van der Waals surface area contributed by atoms with Gasteiger partial charge in [0.1, 0.15) is 11.8 Å². The predicted molar refractivity (Wildman–Crippen MR) is 105 cm³/mol. The number of benzene rings is 1. The standard InChI is InChI=1S/C22H28F2N2O4/c23-22(24)30-19-6-2-1-4-17(19)20(27)26-11-3-5-18(26)21(28)25-12-9-16(10-13-25)29-14-15-7-8-15/h1-2,4,6,15-16,18,22H,3,5,7-14H2. The lowest BCUT2D eigenvalue weighted by Crippen LogP contribution is -2.50. The third-order valence-electron chi connectivity index (χ3n) is 6.15. The van der Waals surface area contributed by atoms with E-state index in [4.69, 9.17) is 4.74 Å². The number of hydrogen-bond donors (Lipinski definition) is 0. The van der Waals surface area contributed by atoms with Gasteiger partial charge in [-0.1, -0.05) is 12.1 Å². The van der Waals surface area contributed by atoms with Crippen molar-refractivity contribution >= 4 is 11.8 Å². The summed E-state index contributed by atoms with van der Waals surface area (Å²) in [6.07, 6.45) is 5.63. The minimum atomic E-state index is -3.02. The van der Waals surface area contributed by atoms with Crippen molar-refractivity contribution in [3.8, 4) is 5.75 Å². The van der Waals surface area contributed by atoms with Gasteiger partial charge in [-0.3, -0.25) is 9.59 Å². The molecule has 3 fully saturated rings. The molecule has 0 radical (unpaired) electrons. The summed E-state index contributed by atoms with van der Waals surface area (Å²) < 4.78 is 35.9. The largest absolute Gasteiger partial charge is 0.434 e. The van der Waals surface area contributed by atoms with Crippen molar-refractivity contribution in [1.82, 2.24) is 9.80 Å². The van der Waals surface area contributed by atoms with Crippen molar-refractivity contribution in [2.24, 2.45) is 5.92 Å². The molecule has 2 amide bonds. The number of likely N-dealkylation sites (tertiary alicyclic amines) is 2. The normalized spacial score (nSPS) is 22.6. The molecule has 164 valence electrons. The van der Waals surface area contributed by atoms with Crippen LogP contribution < -0.4 is 4.74 Å². The average molecular weight is 422 g/mol. The van der Waals surface area contributed by atoms with E-state index >= 15 is 0 Å². The molecule has 1 saturated carbocycles. The molecule has 30 heavy (non-hydrogen) atoms. The zero-order chi connectivity index (χ0) is 21.1. The number of amides is 2. The molecular formula is C22H28F2N2O4. The Morgan fingerprint density at radius 1 is 1.03 bits per heavy atom. The van der Waals surface area contributed by atoms with Crippen molar-refractivity contribution in [2.45, 2.75) is 57.3 Å². The van der Waals surface area contributed by atoms with Crippen LogP contribution in [0.5, 0.6) is 5.75 Å². The number of carbonyl (C=O) groups excluding carboxylic acids is 2. The first-order chi connectivity index (χ1) is 14.5. The first-order valence-electron chi connectivity index (χ1n) is 10.8. The molecule has 0 bridgehead atoms. The highest BCUT2D eigenvalue weighted by atomic mass is 19.3. The third-order valence-corrected chi connectivity index (χ3v) is 6.15. The summed E-state index contributed by atoms with van der Waals surface area (Å²) in [5.41, 5.74) is 0.0599. The van der Waals surface area contributed by atoms with E-state index in [0.717, 1.165) is 25.4 Å². The number of nitrogens with zero attached hydrogens (tertiary/aromatic N) is 2. The van der Waals surface area contributed by atoms with Gasteiger partial charge in [0, 0.05) is 26.2 Å². The lowest BCUT2D eigenvalue weighted by Gasteiger charge is -2.35. The number of carbonyl (C=O) groups is 2. The van der Waals surface area contributed by atoms with E-state index in [0.29, 0.717) is 32.5 Å². The van der Waals surface area contributed by atoms with Gasteiger partial charge in [0.15, 0.2) is 0 Å². The fourth-order valence-corrected chi connectivity index (χ4v) is 4.27. The van der Waals surface area contributed by atoms with Gasteiger partial charge < -0.3 is 19.3 Å². The molecule has 0 N–H and O–H groups in total. The number of para-hydroxylation sites is 1. The zero-order valence-corrected chi connectivity index (χ0v) is 17.0. The number of piperidine rings is 1. The van der Waals surface area contributed by atoms with Gasteiger partial charge in [-0.2, -0.15) is 8.78 Å². The Kier molecular flexibility index (Phi) is 6.51. The number of hydrogen-bond acceptors (Lipinski definition) is 4. The van der Waals surface area contributed by atoms with E-state index in [1.54, 1.807) is 6.07 Å². The van der Waals surface area contributed by atoms with Gasteiger partial charge in [-0.25, -0.2) is 0 Å². The predicted octanol–water partition coefficient (Wildman–Crippen LogP) is 3.31. The Hall–Kier alpha value is -2.22. The quantitative estimate of drug-likeness (QED) is 0.677. The number of alkyl halides is 2. The number of ether oxygens (including phenoxy) is 2. The van der Waals surface area contributed by atoms with Crippen molar-refractivity contribution < 1.29 is 27.8 Å². The monoisotopic (exact) mass is 422 g/mol. The topological polar surface area (TPSA) is 59.1 Å². The van der Waals surface area contributed by atoms with Gasteiger partial charge in [0.05, 0.1) is 11.7 Å². The Morgan fingerprint density at radius 3 is 2.47 bits per heavy atom. The molecule has 2 saturated heterocycles. The van der Waals surface area contributed by atoms with Gasteiger partial charge in [-0.05, 0) is 56.6 Å². The molecule has 0 spiro atoms. The minimum Gasteiger partial charge on any atom is -0.434 e. The molecule has 6 nitrogen and oxygen atoms in total. The van der Waals surface area contributed by atoms with Crippen LogP contribution >= 0.6 is 0 Å². The molecule has 2 aliphatic heterocycles. The first kappa shape index (κ1) is 21.0. The Balaban J connectivity index is 1.37. The van der Waals surface area contributed by atoms with Crippen LogP contribution in [0.3, 0.4) is 0 Å². The number of halogens is 2. The maximum atomic E-state index is 13.1. The van der Waals surface area contributed by atoms with E-state index in [2.05, 4.69) is 4.74 Å². The van der Waals surface area contributed by atoms with Gasteiger partial charge in [0.25, 0.3) is 5.91 Å². The molecule has 1 aromatic carbocycles. The SMILES string of the molecule is O=C(C1CCCN1C(=O)c1ccccc1OC(F)F)N1CCC(OCC2CC2)CC1. The second-order valence-corrected chi connectivity index (χ2v) is 8.33. The molecule has 3 aliphatic rings. The molecule has 8 heteroatoms. The highest BCUT2D eigenvalue weighted by Gasteiger charge is 2.39. The summed E-state index contributed by atoms with van der Waals surface area (Å²) in [6.45, 7) is -0.517. The summed E-state index contributed by atoms with van der Waals surface area (Å²) in [5.74, 6) is 0.0578. The molecular weight excluding hydrogens is 394 g/mol. The van der Waals surface area contributed by atoms with E-state index in [1.165, 1.54) is 35.9 Å². The van der Waals surface area contributed by atoms with E-state index < -0.39 is 18.6 Å². The summed E-state index contributed by atoms with van der Waals surface area (Å²) in [4.78, 5) is 29.5. The molecule has 4 rings (SSSR count). The molecule has 1 atom stereocenters. The van der Waals surface area contributed by atoms with Crippen LogP contribution in [0.25, 0.3) is 0 Å². The van der Waals surface area contributed by atoms with E-state index in [-0.39, 0.29) is 23.3 Å². The van der Waals surface area contributed by atoms with Crippen molar-refractivity contribution in [3.63, 3.8) is 0 Å². The average Bonchev–Trinajstić information content (AvgIpc) is 3.45. The van der Waals surface area contributed by atoms with Crippen LogP contribution in [0.1, 0.15) is 48.9 Å². The molecule has 1 aliphatic carbocycles. The smallest absolute Gasteiger partial charge is 0.387 e. The zero-order valence-electron chi connectivity index (χ0n) is 17.0. The van der Waals surface area contributed by atoms with Crippen molar-refractivity contribution in [1.29, 1.82) is 0 Å². The van der Waals surface area contributed by atoms with Crippen LogP contribution in [-0.4, -0.2) is 66.6 Å². The van der Waals surface area contributed by atoms with Crippen LogP contribution in [0.2, 0.25) is 0 Å². The second kappa shape index (κ2) is 9.29. The first-order valence-corrected chi connectivity index (χ1v) is 10.8. The maximum Gasteiger partial charge on any atom is 0.387 e. The lowest BCUT2D eigenvalue weighted by molar-refractivity contribution is -0.138. The summed E-state index contributed by atoms with van der Waals surface area (Å²) in [6, 6.07) is 5.39. The van der Waals surface area contributed by atoms with Gasteiger partial charge in [-0.15, -0.1) is 0 Å². The fraction of sp³-hybridized carbons (Fsp3) is 0.636. The molecule has 0 aromatic heterocycles. The summed E-state index contributed by atoms with van der Waals surface area (Å²) in [5, 5.41) is 0. The van der Waals surface area contributed by atoms with E-state index in [1.807, 2.05) is 4.90 Å². The highest BCUT2D eigenvalue weighted by molar-refractivity contribution is 6.00. The van der Waals surface area contributed by atoms with Crippen LogP contribution in [0.15, 0.2) is 24.3 Å². The second-order valence-electron chi connectivity index (χ2n) is 8.33. The third kappa shape index (κ3) is 4.91. The highest BCUT2D eigenvalue weighted by Crippen LogP contribution is 2.31. The maximum absolute atomic E-state index is 13.1. The van der Waals surface area contributed by atoms with Gasteiger partial charge in [0.2, 0.25) is 5.91 Å². The van der Waals surface area contributed by atoms with Gasteiger partial charge >= 0.3 is 6.61 Å². The molecule has 1 aromatic rings. The van der Waals surface area contributed by atoms with E-state index in [9.17, 15) is 18.4 Å². The van der Waals surface area contributed by atoms with Crippen LogP contribution in [0.4, 0.5) is 8.78 Å². The fourth-order valence-electron chi connectivity index (χ4n) is 4.27. The summed E-state index contributed by atoms with van der Waals surface area (Å²) in [7, 11) is 0. The Labute approximate surface area is 175 Å². The van der Waals surface area contributed by atoms with Crippen molar-refractivity contribution in [3.05, 3.63) is 29.8 Å². The van der Waals surface area contributed by atoms with Crippen LogP contribution in [-0.2, 0) is 9.53 Å². The van der Waals surface area contributed by atoms with Crippen LogP contribution in [0, 0.1) is 5.92 Å². The Morgan fingerprint density at radius 2 is 1.77 bits per heavy atom. The van der Waals surface area contributed by atoms with Crippen molar-refractivity contribution in [2.75, 3.05) is 26.2 Å².